The number of benzene rings is 1. The van der Waals surface area contributed by atoms with Gasteiger partial charge < -0.3 is 15.0 Å². The van der Waals surface area contributed by atoms with Gasteiger partial charge in [-0.3, -0.25) is 9.69 Å². The largest absolute Gasteiger partial charge is 0.543 e. The average molecular weight is 415 g/mol. The molecule has 0 saturated carbocycles. The van der Waals surface area contributed by atoms with Crippen LogP contribution in [0.3, 0.4) is 0 Å². The van der Waals surface area contributed by atoms with Gasteiger partial charge in [-0.1, -0.05) is 41.7 Å². The number of carbonyl (C=O) groups is 2. The van der Waals surface area contributed by atoms with Crippen LogP contribution in [0, 0.1) is 5.92 Å². The normalized spacial score (nSPS) is 22.1. The van der Waals surface area contributed by atoms with Gasteiger partial charge in [0.25, 0.3) is 0 Å². The molecule has 8 heteroatoms. The number of aliphatic hydroxyl groups excluding tert-OH is 1. The van der Waals surface area contributed by atoms with Crippen molar-refractivity contribution in [2.45, 2.75) is 29.8 Å². The molecule has 0 bridgehead atoms. The predicted molar refractivity (Wildman–Crippen MR) is 103 cm³/mol. The molecule has 1 saturated heterocycles. The van der Waals surface area contributed by atoms with Crippen LogP contribution >= 0.6 is 23.5 Å². The highest BCUT2D eigenvalue weighted by molar-refractivity contribution is 8.22. The molecule has 1 N–H and O–H groups in total. The van der Waals surface area contributed by atoms with Gasteiger partial charge in [-0.25, -0.2) is 4.57 Å². The van der Waals surface area contributed by atoms with Gasteiger partial charge in [0.15, 0.2) is 18.9 Å². The number of carbonyl (C=O) groups excluding carboxylic acids is 2. The van der Waals surface area contributed by atoms with Gasteiger partial charge >= 0.3 is 0 Å². The fraction of sp³-hybridized carbons (Fsp3) is 0.250. The first-order chi connectivity index (χ1) is 13.5. The maximum atomic E-state index is 12.3. The molecular formula is C20H18N2O4S2. The molecule has 0 aliphatic carbocycles. The molecule has 2 aliphatic rings. The molecule has 0 unspecified atom stereocenters. The van der Waals surface area contributed by atoms with Crippen molar-refractivity contribution in [2.24, 2.45) is 5.92 Å². The van der Waals surface area contributed by atoms with E-state index in [1.807, 2.05) is 54.9 Å². The second kappa shape index (κ2) is 7.62. The molecule has 1 fully saturated rings. The van der Waals surface area contributed by atoms with Gasteiger partial charge in [0.05, 0.1) is 27.9 Å². The molecule has 3 atom stereocenters. The third-order valence-electron chi connectivity index (χ3n) is 4.71. The van der Waals surface area contributed by atoms with E-state index in [-0.39, 0.29) is 17.0 Å². The Balaban J connectivity index is 1.56. The lowest BCUT2D eigenvalue weighted by Gasteiger charge is -2.44. The summed E-state index contributed by atoms with van der Waals surface area (Å²) in [7, 11) is 0. The van der Waals surface area contributed by atoms with E-state index >= 15 is 0 Å². The second-order valence-electron chi connectivity index (χ2n) is 6.70. The SMILES string of the molecule is C[C@@H](O)[C@H]1C(=O)N2C(C(=O)[O-])=C(Sc3cccc(C[n+]4ccccc4)c3)S[C@H]12. The van der Waals surface area contributed by atoms with Gasteiger partial charge in [0.1, 0.15) is 5.37 Å². The minimum Gasteiger partial charge on any atom is -0.543 e. The van der Waals surface area contributed by atoms with E-state index in [2.05, 4.69) is 4.57 Å². The summed E-state index contributed by atoms with van der Waals surface area (Å²) >= 11 is 2.62. The zero-order valence-corrected chi connectivity index (χ0v) is 16.7. The Hall–Kier alpha value is -2.29. The van der Waals surface area contributed by atoms with E-state index < -0.39 is 18.0 Å². The van der Waals surface area contributed by atoms with Gasteiger partial charge in [-0.2, -0.15) is 0 Å². The number of aliphatic carboxylic acids is 1. The fourth-order valence-electron chi connectivity index (χ4n) is 3.38. The number of nitrogens with zero attached hydrogens (tertiary/aromatic N) is 2. The Labute approximate surface area is 170 Å². The molecule has 4 rings (SSSR count). The summed E-state index contributed by atoms with van der Waals surface area (Å²) in [4.78, 5) is 26.1. The number of pyridine rings is 1. The molecule has 2 aliphatic heterocycles. The number of amides is 1. The van der Waals surface area contributed by atoms with E-state index in [9.17, 15) is 19.8 Å². The molecule has 2 aromatic rings. The number of thioether (sulfide) groups is 2. The highest BCUT2D eigenvalue weighted by atomic mass is 32.2. The number of rotatable bonds is 6. The Morgan fingerprint density at radius 3 is 2.75 bits per heavy atom. The minimum atomic E-state index is -1.37. The van der Waals surface area contributed by atoms with Crippen molar-refractivity contribution in [1.82, 2.24) is 4.90 Å². The van der Waals surface area contributed by atoms with Gasteiger partial charge in [0, 0.05) is 22.6 Å². The van der Waals surface area contributed by atoms with Crippen molar-refractivity contribution in [1.29, 1.82) is 0 Å². The Morgan fingerprint density at radius 1 is 1.32 bits per heavy atom. The molecule has 28 heavy (non-hydrogen) atoms. The first kappa shape index (κ1) is 19.0. The first-order valence-electron chi connectivity index (χ1n) is 8.80. The van der Waals surface area contributed by atoms with Crippen LogP contribution < -0.4 is 9.67 Å². The number of carboxylic acid groups (broad SMARTS) is 1. The zero-order valence-electron chi connectivity index (χ0n) is 15.0. The highest BCUT2D eigenvalue weighted by Crippen LogP contribution is 2.54. The maximum Gasteiger partial charge on any atom is 0.236 e. The molecule has 1 amide bonds. The van der Waals surface area contributed by atoms with Gasteiger partial charge in [-0.05, 0) is 19.1 Å². The van der Waals surface area contributed by atoms with Crippen molar-refractivity contribution in [3.05, 3.63) is 70.4 Å². The topological polar surface area (TPSA) is 84.5 Å². The van der Waals surface area contributed by atoms with Gasteiger partial charge in [-0.15, -0.1) is 0 Å². The lowest BCUT2D eigenvalue weighted by atomic mass is 9.92. The van der Waals surface area contributed by atoms with Crippen LogP contribution in [0.1, 0.15) is 12.5 Å². The molecule has 0 spiro atoms. The van der Waals surface area contributed by atoms with Crippen LogP contribution in [-0.2, 0) is 16.1 Å². The van der Waals surface area contributed by atoms with E-state index in [0.717, 1.165) is 10.5 Å². The van der Waals surface area contributed by atoms with E-state index in [1.165, 1.54) is 28.4 Å². The van der Waals surface area contributed by atoms with Crippen LogP contribution in [-0.4, -0.2) is 33.4 Å². The summed E-state index contributed by atoms with van der Waals surface area (Å²) in [5, 5.41) is 21.1. The molecule has 1 aromatic heterocycles. The van der Waals surface area contributed by atoms with Crippen molar-refractivity contribution < 1.29 is 24.4 Å². The average Bonchev–Trinajstić information content (AvgIpc) is 2.97. The predicted octanol–water partition coefficient (Wildman–Crippen LogP) is 0.946. The smallest absolute Gasteiger partial charge is 0.236 e. The van der Waals surface area contributed by atoms with Crippen molar-refractivity contribution in [3.8, 4) is 0 Å². The Kier molecular flexibility index (Phi) is 5.18. The number of β-lactam (4-membered cyclic amide) rings is 1. The minimum absolute atomic E-state index is 0.0928. The maximum absolute atomic E-state index is 12.3. The lowest BCUT2D eigenvalue weighted by Crippen LogP contribution is -2.61. The molecule has 0 radical (unpaired) electrons. The summed E-state index contributed by atoms with van der Waals surface area (Å²) < 4.78 is 2.57. The van der Waals surface area contributed by atoms with Crippen molar-refractivity contribution >= 4 is 35.4 Å². The summed E-state index contributed by atoms with van der Waals surface area (Å²) in [5.41, 5.74) is 0.991. The molecule has 6 nitrogen and oxygen atoms in total. The van der Waals surface area contributed by atoms with Crippen LogP contribution in [0.5, 0.6) is 0 Å². The summed E-state index contributed by atoms with van der Waals surface area (Å²) in [6, 6.07) is 13.7. The van der Waals surface area contributed by atoms with Crippen molar-refractivity contribution in [2.75, 3.05) is 0 Å². The third-order valence-corrected chi connectivity index (χ3v) is 7.27. The molecular weight excluding hydrogens is 396 g/mol. The number of aromatic nitrogens is 1. The van der Waals surface area contributed by atoms with Crippen molar-refractivity contribution in [3.63, 3.8) is 0 Å². The standard InChI is InChI=1S/C20H18N2O4S2/c1-12(23)15-17(24)22-16(19(25)26)20(28-18(15)22)27-14-7-5-6-13(10-14)11-21-8-3-2-4-9-21/h2-10,12,15,18,23H,11H2,1H3/t12-,15+,18-/m1/s1. The lowest BCUT2D eigenvalue weighted by molar-refractivity contribution is -0.688. The molecule has 144 valence electrons. The Morgan fingerprint density at radius 2 is 2.07 bits per heavy atom. The van der Waals surface area contributed by atoms with Crippen LogP contribution in [0.25, 0.3) is 0 Å². The van der Waals surface area contributed by atoms with E-state index in [4.69, 9.17) is 0 Å². The monoisotopic (exact) mass is 414 g/mol. The van der Waals surface area contributed by atoms with Crippen LogP contribution in [0.4, 0.5) is 0 Å². The molecule has 3 heterocycles. The van der Waals surface area contributed by atoms with E-state index in [1.54, 1.807) is 6.92 Å². The highest BCUT2D eigenvalue weighted by Gasteiger charge is 2.56. The van der Waals surface area contributed by atoms with E-state index in [0.29, 0.717) is 10.8 Å². The first-order valence-corrected chi connectivity index (χ1v) is 10.5. The Bertz CT molecular complexity index is 962. The number of fused-ring (bicyclic) bond motifs is 1. The number of hydrogen-bond acceptors (Lipinski definition) is 6. The number of aliphatic hydroxyl groups is 1. The summed E-state index contributed by atoms with van der Waals surface area (Å²) in [5.74, 6) is -2.32. The molecule has 1 aromatic carbocycles. The summed E-state index contributed by atoms with van der Waals surface area (Å²) in [6.45, 7) is 2.25. The second-order valence-corrected chi connectivity index (χ2v) is 9.17. The van der Waals surface area contributed by atoms with Crippen LogP contribution in [0.15, 0.2) is 69.7 Å². The quantitative estimate of drug-likeness (QED) is 0.560. The van der Waals surface area contributed by atoms with Crippen LogP contribution in [0.2, 0.25) is 0 Å². The summed E-state index contributed by atoms with van der Waals surface area (Å²) in [6.07, 6.45) is 3.14. The number of carboxylic acids is 1. The fourth-order valence-corrected chi connectivity index (χ4v) is 6.32. The third kappa shape index (κ3) is 3.43. The van der Waals surface area contributed by atoms with Gasteiger partial charge in [0.2, 0.25) is 5.91 Å². The zero-order chi connectivity index (χ0) is 19.8. The number of hydrogen-bond donors (Lipinski definition) is 1.